The van der Waals surface area contributed by atoms with E-state index in [2.05, 4.69) is 6.92 Å². The molecular formula is C30H44O9. The third kappa shape index (κ3) is 3.94. The van der Waals surface area contributed by atoms with Crippen molar-refractivity contribution in [3.8, 4) is 0 Å². The van der Waals surface area contributed by atoms with Gasteiger partial charge in [0.05, 0.1) is 23.9 Å². The number of fused-ring (bicyclic) bond motifs is 5. The molecule has 0 bridgehead atoms. The summed E-state index contributed by atoms with van der Waals surface area (Å²) in [5.74, 6) is -1.24. The number of carbonyl (C=O) groups excluding carboxylic acids is 2. The molecule has 6 rings (SSSR count). The van der Waals surface area contributed by atoms with Gasteiger partial charge in [0, 0.05) is 30.9 Å². The lowest BCUT2D eigenvalue weighted by Crippen LogP contribution is -2.70. The molecule has 39 heavy (non-hydrogen) atoms. The molecule has 5 fully saturated rings. The van der Waals surface area contributed by atoms with Crippen molar-refractivity contribution in [3.63, 3.8) is 0 Å². The summed E-state index contributed by atoms with van der Waals surface area (Å²) in [7, 11) is 1.59. The SMILES string of the molecule is CO[C@H]1C[C@H](O[C@H]2CC[C@]3(C)C4C(=O)[C@H](O)[C@]5(C)C(C6=CC(=O)OC6)CC[C@]5(O)C4CC[C@@H]3C2)O[C@@H](C)[C@H]1O. The first-order valence-electron chi connectivity index (χ1n) is 14.8. The Morgan fingerprint density at radius 2 is 1.82 bits per heavy atom. The number of esters is 1. The quantitative estimate of drug-likeness (QED) is 0.358. The second-order valence-electron chi connectivity index (χ2n) is 13.6. The van der Waals surface area contributed by atoms with Crippen molar-refractivity contribution < 1.29 is 43.9 Å². The fourth-order valence-electron chi connectivity index (χ4n) is 9.82. The van der Waals surface area contributed by atoms with E-state index in [4.69, 9.17) is 18.9 Å². The molecule has 6 aliphatic rings. The molecule has 0 spiro atoms. The molecule has 0 amide bonds. The molecule has 4 aliphatic carbocycles. The fraction of sp³-hybridized carbons (Fsp3) is 0.867. The first-order valence-corrected chi connectivity index (χ1v) is 14.8. The standard InChI is InChI=1S/C30H44O9/c1-15-25(32)21(36-4)13-23(38-15)39-18-7-9-28(2)17(12-18)5-6-20-24(28)26(33)27(34)29(3)19(8-10-30(20,29)35)16-11-22(31)37-14-16/h11,15,17-21,23-25,27,32,34-35H,5-10,12-14H2,1-4H3/t15-,17+,18-,19?,20?,21-,23-,24?,25+,27-,28-,29-,30-/m0/s1. The molecule has 2 aliphatic heterocycles. The molecule has 0 aromatic carbocycles. The third-order valence-electron chi connectivity index (χ3n) is 12.1. The van der Waals surface area contributed by atoms with Crippen molar-refractivity contribution in [1.29, 1.82) is 0 Å². The average molecular weight is 549 g/mol. The predicted molar refractivity (Wildman–Crippen MR) is 138 cm³/mol. The summed E-state index contributed by atoms with van der Waals surface area (Å²) in [4.78, 5) is 25.9. The second kappa shape index (κ2) is 9.60. The van der Waals surface area contributed by atoms with Crippen LogP contribution in [0.25, 0.3) is 0 Å². The van der Waals surface area contributed by atoms with Gasteiger partial charge in [0.1, 0.15) is 18.8 Å². The van der Waals surface area contributed by atoms with Gasteiger partial charge in [0.25, 0.3) is 0 Å². The number of methoxy groups -OCH3 is 1. The van der Waals surface area contributed by atoms with Crippen molar-refractivity contribution in [3.05, 3.63) is 11.6 Å². The van der Waals surface area contributed by atoms with Crippen LogP contribution in [0.15, 0.2) is 11.6 Å². The summed E-state index contributed by atoms with van der Waals surface area (Å²) < 4.78 is 22.9. The monoisotopic (exact) mass is 548 g/mol. The Morgan fingerprint density at radius 1 is 1.05 bits per heavy atom. The highest BCUT2D eigenvalue weighted by molar-refractivity contribution is 5.90. The summed E-state index contributed by atoms with van der Waals surface area (Å²) in [6.45, 7) is 6.02. The highest BCUT2D eigenvalue weighted by Crippen LogP contribution is 2.69. The molecule has 3 N–H and O–H groups in total. The summed E-state index contributed by atoms with van der Waals surface area (Å²) in [5, 5.41) is 34.3. The first kappa shape index (κ1) is 27.8. The highest BCUT2D eigenvalue weighted by Gasteiger charge is 2.73. The largest absolute Gasteiger partial charge is 0.458 e. The molecule has 218 valence electrons. The molecular weight excluding hydrogens is 504 g/mol. The Bertz CT molecular complexity index is 1040. The number of ketones is 1. The van der Waals surface area contributed by atoms with Gasteiger partial charge in [-0.05, 0) is 80.6 Å². The van der Waals surface area contributed by atoms with E-state index in [1.165, 1.54) is 6.08 Å². The van der Waals surface area contributed by atoms with Crippen LogP contribution in [0.3, 0.4) is 0 Å². The Morgan fingerprint density at radius 3 is 2.51 bits per heavy atom. The number of carbonyl (C=O) groups is 2. The molecule has 4 saturated carbocycles. The van der Waals surface area contributed by atoms with Crippen molar-refractivity contribution in [2.24, 2.45) is 34.5 Å². The van der Waals surface area contributed by atoms with E-state index >= 15 is 0 Å². The van der Waals surface area contributed by atoms with Gasteiger partial charge in [-0.1, -0.05) is 13.8 Å². The van der Waals surface area contributed by atoms with Gasteiger partial charge in [-0.25, -0.2) is 4.79 Å². The maximum atomic E-state index is 14.1. The minimum absolute atomic E-state index is 0.0238. The van der Waals surface area contributed by atoms with Crippen LogP contribution in [-0.2, 0) is 28.5 Å². The topological polar surface area (TPSA) is 132 Å². The van der Waals surface area contributed by atoms with Gasteiger partial charge in [0.2, 0.25) is 0 Å². The molecule has 1 saturated heterocycles. The van der Waals surface area contributed by atoms with Crippen LogP contribution in [0.5, 0.6) is 0 Å². The number of hydrogen-bond donors (Lipinski definition) is 3. The van der Waals surface area contributed by atoms with E-state index in [0.29, 0.717) is 19.3 Å². The van der Waals surface area contributed by atoms with Crippen LogP contribution in [0, 0.1) is 34.5 Å². The van der Waals surface area contributed by atoms with Gasteiger partial charge in [-0.2, -0.15) is 0 Å². The normalized spacial score (nSPS) is 53.5. The Hall–Kier alpha value is -1.36. The zero-order valence-electron chi connectivity index (χ0n) is 23.5. The lowest BCUT2D eigenvalue weighted by molar-refractivity contribution is -0.274. The summed E-state index contributed by atoms with van der Waals surface area (Å²) in [6, 6.07) is 0. The average Bonchev–Trinajstić information content (AvgIpc) is 3.45. The van der Waals surface area contributed by atoms with Crippen LogP contribution in [0.4, 0.5) is 0 Å². The Balaban J connectivity index is 1.21. The minimum Gasteiger partial charge on any atom is -0.458 e. The molecule has 13 atom stereocenters. The molecule has 0 radical (unpaired) electrons. The number of rotatable bonds is 4. The number of cyclic esters (lactones) is 1. The van der Waals surface area contributed by atoms with E-state index in [0.717, 1.165) is 37.7 Å². The van der Waals surface area contributed by atoms with Crippen molar-refractivity contribution in [2.45, 2.75) is 115 Å². The molecule has 9 nitrogen and oxygen atoms in total. The number of aliphatic hydroxyl groups is 3. The Kier molecular flexibility index (Phi) is 6.84. The lowest BCUT2D eigenvalue weighted by atomic mass is 9.42. The molecule has 0 aromatic rings. The molecule has 2 heterocycles. The van der Waals surface area contributed by atoms with E-state index in [1.54, 1.807) is 7.11 Å². The van der Waals surface area contributed by atoms with E-state index < -0.39 is 41.4 Å². The fourth-order valence-corrected chi connectivity index (χ4v) is 9.82. The van der Waals surface area contributed by atoms with E-state index in [1.807, 2.05) is 13.8 Å². The number of aliphatic hydroxyl groups excluding tert-OH is 2. The van der Waals surface area contributed by atoms with Crippen LogP contribution >= 0.6 is 0 Å². The smallest absolute Gasteiger partial charge is 0.331 e. The predicted octanol–water partition coefficient (Wildman–Crippen LogP) is 2.29. The summed E-state index contributed by atoms with van der Waals surface area (Å²) >= 11 is 0. The number of ether oxygens (including phenoxy) is 4. The summed E-state index contributed by atoms with van der Waals surface area (Å²) in [5.41, 5.74) is -1.80. The van der Waals surface area contributed by atoms with Crippen molar-refractivity contribution in [2.75, 3.05) is 13.7 Å². The second-order valence-corrected chi connectivity index (χ2v) is 13.6. The third-order valence-corrected chi connectivity index (χ3v) is 12.1. The van der Waals surface area contributed by atoms with Crippen LogP contribution in [0.1, 0.15) is 72.1 Å². The molecule has 0 aromatic heterocycles. The van der Waals surface area contributed by atoms with E-state index in [9.17, 15) is 24.9 Å². The highest BCUT2D eigenvalue weighted by atomic mass is 16.7. The van der Waals surface area contributed by atoms with E-state index in [-0.39, 0.29) is 53.9 Å². The Labute approximate surface area is 230 Å². The maximum absolute atomic E-state index is 14.1. The van der Waals surface area contributed by atoms with Crippen LogP contribution in [-0.4, -0.2) is 83.2 Å². The lowest BCUT2D eigenvalue weighted by Gasteiger charge is -2.64. The number of Topliss-reactive ketones (excluding diaryl/α,β-unsaturated/α-hetero) is 1. The first-order chi connectivity index (χ1) is 18.4. The van der Waals surface area contributed by atoms with Gasteiger partial charge in [0.15, 0.2) is 12.1 Å². The zero-order valence-corrected chi connectivity index (χ0v) is 23.5. The zero-order chi connectivity index (χ0) is 27.9. The van der Waals surface area contributed by atoms with Gasteiger partial charge in [-0.3, -0.25) is 4.79 Å². The molecule has 3 unspecified atom stereocenters. The summed E-state index contributed by atoms with van der Waals surface area (Å²) in [6.07, 6.45) is 3.83. The number of hydrogen-bond acceptors (Lipinski definition) is 9. The van der Waals surface area contributed by atoms with Gasteiger partial charge in [-0.15, -0.1) is 0 Å². The minimum atomic E-state index is -1.30. The maximum Gasteiger partial charge on any atom is 0.331 e. The van der Waals surface area contributed by atoms with Gasteiger partial charge < -0.3 is 34.3 Å². The molecule has 9 heteroatoms. The van der Waals surface area contributed by atoms with Gasteiger partial charge >= 0.3 is 5.97 Å². The van der Waals surface area contributed by atoms with Crippen molar-refractivity contribution >= 4 is 11.8 Å². The van der Waals surface area contributed by atoms with Crippen molar-refractivity contribution in [1.82, 2.24) is 0 Å². The van der Waals surface area contributed by atoms with Crippen LogP contribution in [0.2, 0.25) is 0 Å². The van der Waals surface area contributed by atoms with Crippen LogP contribution < -0.4 is 0 Å².